The number of carbonyl (C=O) groups excluding carboxylic acids is 4. The maximum absolute atomic E-state index is 14.0. The van der Waals surface area contributed by atoms with E-state index in [1.54, 1.807) is 19.9 Å². The van der Waals surface area contributed by atoms with E-state index in [1.807, 2.05) is 31.2 Å². The van der Waals surface area contributed by atoms with Gasteiger partial charge in [0.2, 0.25) is 5.78 Å². The molecule has 4 unspecified atom stereocenters. The Morgan fingerprint density at radius 2 is 1.68 bits per heavy atom. The van der Waals surface area contributed by atoms with Crippen molar-refractivity contribution in [2.24, 2.45) is 23.7 Å². The quantitative estimate of drug-likeness (QED) is 0.376. The highest BCUT2D eigenvalue weighted by Crippen LogP contribution is 2.55. The molecule has 0 saturated heterocycles. The van der Waals surface area contributed by atoms with Crippen molar-refractivity contribution in [3.63, 3.8) is 0 Å². The predicted molar refractivity (Wildman–Crippen MR) is 151 cm³/mol. The molecule has 0 radical (unpaired) electrons. The van der Waals surface area contributed by atoms with E-state index in [9.17, 15) is 39.6 Å². The third kappa shape index (κ3) is 4.23. The first-order chi connectivity index (χ1) is 19.3. The van der Waals surface area contributed by atoms with Crippen LogP contribution in [0.4, 0.5) is 0 Å². The van der Waals surface area contributed by atoms with Gasteiger partial charge in [0.15, 0.2) is 17.2 Å². The van der Waals surface area contributed by atoms with Gasteiger partial charge in [0.1, 0.15) is 28.6 Å². The van der Waals surface area contributed by atoms with Crippen LogP contribution in [0.2, 0.25) is 0 Å². The van der Waals surface area contributed by atoms with Crippen molar-refractivity contribution in [2.75, 3.05) is 0 Å². The normalized spacial score (nSPS) is 25.7. The SMILES string of the molecule is CCC(=O)Cc1ccc(-c2ccc(O)c3c2CC2CC4C(C(C)C)C(=O)C(C(C)=O)=C(O)C4(O)C(=O)C2=C3O)cc1. The smallest absolute Gasteiger partial charge is 0.202 e. The summed E-state index contributed by atoms with van der Waals surface area (Å²) in [6.45, 7) is 6.44. The first-order valence-electron chi connectivity index (χ1n) is 14.0. The molecule has 214 valence electrons. The van der Waals surface area contributed by atoms with E-state index in [-0.39, 0.29) is 41.4 Å². The molecule has 8 heteroatoms. The third-order valence-electron chi connectivity index (χ3n) is 9.02. The highest BCUT2D eigenvalue weighted by Gasteiger charge is 2.63. The molecular weight excluding hydrogens is 524 g/mol. The van der Waals surface area contributed by atoms with E-state index in [0.29, 0.717) is 18.4 Å². The molecule has 0 heterocycles. The second-order valence-electron chi connectivity index (χ2n) is 11.8. The summed E-state index contributed by atoms with van der Waals surface area (Å²) >= 11 is 0. The van der Waals surface area contributed by atoms with Gasteiger partial charge in [-0.05, 0) is 59.9 Å². The number of aromatic hydroxyl groups is 1. The van der Waals surface area contributed by atoms with Gasteiger partial charge in [-0.3, -0.25) is 19.2 Å². The van der Waals surface area contributed by atoms with Crippen LogP contribution in [0.15, 0.2) is 53.3 Å². The number of phenols is 1. The summed E-state index contributed by atoms with van der Waals surface area (Å²) in [7, 11) is 0. The molecule has 3 aliphatic rings. The van der Waals surface area contributed by atoms with Crippen LogP contribution in [-0.2, 0) is 32.0 Å². The average Bonchev–Trinajstić information content (AvgIpc) is 2.91. The van der Waals surface area contributed by atoms with E-state index in [1.165, 1.54) is 6.07 Å². The number of fused-ring (bicyclic) bond motifs is 3. The van der Waals surface area contributed by atoms with Crippen molar-refractivity contribution in [2.45, 2.75) is 59.0 Å². The second-order valence-corrected chi connectivity index (χ2v) is 11.8. The molecule has 0 aliphatic heterocycles. The Balaban J connectivity index is 1.65. The minimum atomic E-state index is -2.56. The van der Waals surface area contributed by atoms with Gasteiger partial charge in [-0.25, -0.2) is 0 Å². The largest absolute Gasteiger partial charge is 0.508 e. The lowest BCUT2D eigenvalue weighted by Gasteiger charge is -2.50. The fourth-order valence-electron chi connectivity index (χ4n) is 7.01. The van der Waals surface area contributed by atoms with Crippen molar-refractivity contribution < 1.29 is 39.6 Å². The molecule has 0 bridgehead atoms. The molecule has 2 aromatic rings. The second kappa shape index (κ2) is 10.1. The van der Waals surface area contributed by atoms with Gasteiger partial charge in [-0.15, -0.1) is 0 Å². The number of ketones is 4. The molecule has 1 fully saturated rings. The summed E-state index contributed by atoms with van der Waals surface area (Å²) in [5.41, 5.74) is -0.204. The Kier molecular flexibility index (Phi) is 7.02. The summed E-state index contributed by atoms with van der Waals surface area (Å²) in [5.74, 6) is -6.76. The Hall–Kier alpha value is -4.04. The zero-order chi connectivity index (χ0) is 30.0. The first kappa shape index (κ1) is 28.5. The molecule has 2 aromatic carbocycles. The highest BCUT2D eigenvalue weighted by molar-refractivity contribution is 6.24. The number of aliphatic hydroxyl groups is 3. The number of hydrogen-bond donors (Lipinski definition) is 4. The molecule has 5 rings (SSSR count). The Morgan fingerprint density at radius 3 is 2.27 bits per heavy atom. The number of allylic oxidation sites excluding steroid dienone is 1. The van der Waals surface area contributed by atoms with Gasteiger partial charge in [0, 0.05) is 30.3 Å². The van der Waals surface area contributed by atoms with Gasteiger partial charge >= 0.3 is 0 Å². The summed E-state index contributed by atoms with van der Waals surface area (Å²) in [5, 5.41) is 45.1. The minimum Gasteiger partial charge on any atom is -0.508 e. The summed E-state index contributed by atoms with van der Waals surface area (Å²) in [6, 6.07) is 10.6. The van der Waals surface area contributed by atoms with Crippen molar-refractivity contribution in [3.8, 4) is 16.9 Å². The lowest BCUT2D eigenvalue weighted by molar-refractivity contribution is -0.155. The van der Waals surface area contributed by atoms with Crippen LogP contribution in [0, 0.1) is 23.7 Å². The Bertz CT molecular complexity index is 1560. The monoisotopic (exact) mass is 558 g/mol. The van der Waals surface area contributed by atoms with E-state index in [2.05, 4.69) is 0 Å². The number of carbonyl (C=O) groups is 4. The number of phenolic OH excluding ortho intramolecular Hbond substituents is 1. The lowest BCUT2D eigenvalue weighted by Crippen LogP contribution is -2.61. The fraction of sp³-hybridized carbons (Fsp3) is 0.394. The molecule has 4 atom stereocenters. The Labute approximate surface area is 238 Å². The third-order valence-corrected chi connectivity index (χ3v) is 9.02. The molecule has 0 aromatic heterocycles. The fourth-order valence-corrected chi connectivity index (χ4v) is 7.01. The molecule has 0 amide bonds. The van der Waals surface area contributed by atoms with Gasteiger partial charge in [-0.1, -0.05) is 51.1 Å². The topological polar surface area (TPSA) is 149 Å². The van der Waals surface area contributed by atoms with Gasteiger partial charge in [0.25, 0.3) is 0 Å². The van der Waals surface area contributed by atoms with Crippen LogP contribution in [0.3, 0.4) is 0 Å². The predicted octanol–water partition coefficient (Wildman–Crippen LogP) is 4.60. The Morgan fingerprint density at radius 1 is 1.02 bits per heavy atom. The molecular formula is C33H34O8. The van der Waals surface area contributed by atoms with Gasteiger partial charge in [-0.2, -0.15) is 0 Å². The van der Waals surface area contributed by atoms with Crippen molar-refractivity contribution >= 4 is 28.9 Å². The standard InChI is InChI=1S/C33H34O8/c1-5-20(35)12-17-6-8-18(9-7-17)21-10-11-24(36)28-22(21)13-19-14-23-25(15(2)3)29(37)26(16(4)34)31(39)33(23,41)32(40)27(19)30(28)38/h6-11,15,19,23,25,36,38-39,41H,5,12-14H2,1-4H3. The number of Topliss-reactive ketones (excluding diaryl/α,β-unsaturated/α-hetero) is 4. The molecule has 1 saturated carbocycles. The average molecular weight is 559 g/mol. The van der Waals surface area contributed by atoms with Crippen LogP contribution in [0.25, 0.3) is 16.9 Å². The number of aliphatic hydroxyl groups excluding tert-OH is 2. The van der Waals surface area contributed by atoms with Crippen LogP contribution < -0.4 is 0 Å². The minimum absolute atomic E-state index is 0.0666. The van der Waals surface area contributed by atoms with Crippen molar-refractivity contribution in [1.82, 2.24) is 0 Å². The number of benzene rings is 2. The van der Waals surface area contributed by atoms with Crippen molar-refractivity contribution in [1.29, 1.82) is 0 Å². The van der Waals surface area contributed by atoms with E-state index >= 15 is 0 Å². The lowest BCUT2D eigenvalue weighted by atomic mass is 9.54. The zero-order valence-corrected chi connectivity index (χ0v) is 23.5. The van der Waals surface area contributed by atoms with E-state index in [4.69, 9.17) is 0 Å². The number of rotatable bonds is 6. The zero-order valence-electron chi connectivity index (χ0n) is 23.5. The van der Waals surface area contributed by atoms with Crippen LogP contribution in [-0.4, -0.2) is 49.2 Å². The first-order valence-corrected chi connectivity index (χ1v) is 14.0. The highest BCUT2D eigenvalue weighted by atomic mass is 16.3. The summed E-state index contributed by atoms with van der Waals surface area (Å²) in [6.07, 6.45) is 1.10. The summed E-state index contributed by atoms with van der Waals surface area (Å²) < 4.78 is 0. The molecule has 41 heavy (non-hydrogen) atoms. The van der Waals surface area contributed by atoms with Crippen LogP contribution >= 0.6 is 0 Å². The summed E-state index contributed by atoms with van der Waals surface area (Å²) in [4.78, 5) is 51.6. The van der Waals surface area contributed by atoms with Gasteiger partial charge < -0.3 is 20.4 Å². The van der Waals surface area contributed by atoms with E-state index < -0.39 is 57.8 Å². The number of hydrogen-bond acceptors (Lipinski definition) is 8. The van der Waals surface area contributed by atoms with Gasteiger partial charge in [0.05, 0.1) is 5.56 Å². The van der Waals surface area contributed by atoms with Crippen molar-refractivity contribution in [3.05, 3.63) is 70.0 Å². The van der Waals surface area contributed by atoms with Crippen LogP contribution in [0.1, 0.15) is 57.2 Å². The van der Waals surface area contributed by atoms with E-state index in [0.717, 1.165) is 23.6 Å². The molecule has 8 nitrogen and oxygen atoms in total. The molecule has 3 aliphatic carbocycles. The molecule has 0 spiro atoms. The molecule has 4 N–H and O–H groups in total. The maximum Gasteiger partial charge on any atom is 0.202 e. The van der Waals surface area contributed by atoms with Crippen LogP contribution in [0.5, 0.6) is 5.75 Å². The maximum atomic E-state index is 14.0.